The normalized spacial score (nSPS) is 10.3. The van der Waals surface area contributed by atoms with Crippen LogP contribution in [-0.2, 0) is 0 Å². The van der Waals surface area contributed by atoms with E-state index in [4.69, 9.17) is 11.6 Å². The lowest BCUT2D eigenvalue weighted by Gasteiger charge is -2.05. The average molecular weight is 263 g/mol. The minimum atomic E-state index is -0.0579. The van der Waals surface area contributed by atoms with E-state index in [9.17, 15) is 4.79 Å². The summed E-state index contributed by atoms with van der Waals surface area (Å²) in [6, 6.07) is 12.5. The molecule has 0 bridgehead atoms. The number of aryl methyl sites for hydroxylation is 1. The zero-order valence-corrected chi connectivity index (χ0v) is 10.9. The van der Waals surface area contributed by atoms with E-state index in [1.54, 1.807) is 18.2 Å². The third-order valence-corrected chi connectivity index (χ3v) is 3.14. The summed E-state index contributed by atoms with van der Waals surface area (Å²) in [4.78, 5) is 12.9. The number of rotatable bonds is 2. The molecule has 0 aliphatic heterocycles. The highest BCUT2D eigenvalue weighted by Crippen LogP contribution is 2.22. The molecular formula is C14H11ClOS. The summed E-state index contributed by atoms with van der Waals surface area (Å²) >= 11 is 10.2. The van der Waals surface area contributed by atoms with Crippen LogP contribution in [0.1, 0.15) is 21.5 Å². The molecule has 0 aliphatic rings. The molecule has 2 aromatic carbocycles. The zero-order valence-electron chi connectivity index (χ0n) is 9.27. The maximum absolute atomic E-state index is 12.2. The van der Waals surface area contributed by atoms with Gasteiger partial charge in [0, 0.05) is 21.0 Å². The number of hydrogen-bond donors (Lipinski definition) is 1. The number of ketones is 1. The van der Waals surface area contributed by atoms with Crippen LogP contribution >= 0.6 is 24.2 Å². The summed E-state index contributed by atoms with van der Waals surface area (Å²) in [6.07, 6.45) is 0. The van der Waals surface area contributed by atoms with Gasteiger partial charge in [0.1, 0.15) is 0 Å². The molecule has 0 N–H and O–H groups in total. The molecule has 0 unspecified atom stereocenters. The van der Waals surface area contributed by atoms with E-state index in [2.05, 4.69) is 12.6 Å². The van der Waals surface area contributed by atoms with Crippen LogP contribution in [0.5, 0.6) is 0 Å². The molecule has 1 nitrogen and oxygen atoms in total. The minimum Gasteiger partial charge on any atom is -0.289 e. The molecule has 0 aromatic heterocycles. The minimum absolute atomic E-state index is 0.0579. The van der Waals surface area contributed by atoms with Gasteiger partial charge in [0.05, 0.1) is 0 Å². The van der Waals surface area contributed by atoms with Crippen molar-refractivity contribution in [2.45, 2.75) is 11.8 Å². The van der Waals surface area contributed by atoms with Gasteiger partial charge >= 0.3 is 0 Å². The predicted molar refractivity (Wildman–Crippen MR) is 73.3 cm³/mol. The number of benzene rings is 2. The summed E-state index contributed by atoms with van der Waals surface area (Å²) in [5.74, 6) is -0.0579. The average Bonchev–Trinajstić information content (AvgIpc) is 2.32. The van der Waals surface area contributed by atoms with E-state index in [-0.39, 0.29) is 5.78 Å². The summed E-state index contributed by atoms with van der Waals surface area (Å²) < 4.78 is 0. The van der Waals surface area contributed by atoms with E-state index in [0.29, 0.717) is 21.0 Å². The van der Waals surface area contributed by atoms with E-state index < -0.39 is 0 Å². The van der Waals surface area contributed by atoms with Crippen molar-refractivity contribution in [1.29, 1.82) is 0 Å². The fraction of sp³-hybridized carbons (Fsp3) is 0.0714. The fourth-order valence-electron chi connectivity index (χ4n) is 1.55. The lowest BCUT2D eigenvalue weighted by Crippen LogP contribution is -2.02. The maximum Gasteiger partial charge on any atom is 0.194 e. The van der Waals surface area contributed by atoms with Gasteiger partial charge in [-0.05, 0) is 25.1 Å². The SMILES string of the molecule is Cc1ccc(C(=O)c2cc(Cl)ccc2S)cc1. The first kappa shape index (κ1) is 12.2. The van der Waals surface area contributed by atoms with Crippen molar-refractivity contribution in [3.05, 3.63) is 64.2 Å². The van der Waals surface area contributed by atoms with Gasteiger partial charge in [-0.3, -0.25) is 4.79 Å². The Morgan fingerprint density at radius 2 is 1.76 bits per heavy atom. The van der Waals surface area contributed by atoms with E-state index in [1.807, 2.05) is 31.2 Å². The number of thiol groups is 1. The highest BCUT2D eigenvalue weighted by Gasteiger charge is 2.12. The van der Waals surface area contributed by atoms with Crippen molar-refractivity contribution in [3.8, 4) is 0 Å². The Morgan fingerprint density at radius 1 is 1.12 bits per heavy atom. The molecule has 0 saturated heterocycles. The zero-order chi connectivity index (χ0) is 12.4. The molecular weight excluding hydrogens is 252 g/mol. The quantitative estimate of drug-likeness (QED) is 0.635. The van der Waals surface area contributed by atoms with E-state index >= 15 is 0 Å². The van der Waals surface area contributed by atoms with Gasteiger partial charge in [-0.2, -0.15) is 0 Å². The van der Waals surface area contributed by atoms with Gasteiger partial charge in [0.25, 0.3) is 0 Å². The molecule has 0 atom stereocenters. The first-order valence-electron chi connectivity index (χ1n) is 5.18. The fourth-order valence-corrected chi connectivity index (χ4v) is 1.96. The van der Waals surface area contributed by atoms with Crippen LogP contribution in [0.25, 0.3) is 0 Å². The van der Waals surface area contributed by atoms with Gasteiger partial charge in [0.2, 0.25) is 0 Å². The summed E-state index contributed by atoms with van der Waals surface area (Å²) in [6.45, 7) is 1.98. The summed E-state index contributed by atoms with van der Waals surface area (Å²) in [5, 5.41) is 0.540. The monoisotopic (exact) mass is 262 g/mol. The first-order chi connectivity index (χ1) is 8.08. The Hall–Kier alpha value is -1.25. The number of carbonyl (C=O) groups is 1. The molecule has 0 spiro atoms. The Morgan fingerprint density at radius 3 is 2.41 bits per heavy atom. The third-order valence-electron chi connectivity index (χ3n) is 2.52. The largest absolute Gasteiger partial charge is 0.289 e. The van der Waals surface area contributed by atoms with Gasteiger partial charge in [-0.25, -0.2) is 0 Å². The first-order valence-corrected chi connectivity index (χ1v) is 6.00. The number of carbonyl (C=O) groups excluding carboxylic acids is 1. The van der Waals surface area contributed by atoms with Crippen molar-refractivity contribution < 1.29 is 4.79 Å². The Labute approximate surface area is 111 Å². The summed E-state index contributed by atoms with van der Waals surface area (Å²) in [5.41, 5.74) is 2.30. The predicted octanol–water partition coefficient (Wildman–Crippen LogP) is 4.17. The molecule has 0 radical (unpaired) electrons. The third kappa shape index (κ3) is 2.71. The summed E-state index contributed by atoms with van der Waals surface area (Å²) in [7, 11) is 0. The van der Waals surface area contributed by atoms with Crippen LogP contribution in [0.2, 0.25) is 5.02 Å². The molecule has 86 valence electrons. The number of hydrogen-bond acceptors (Lipinski definition) is 2. The molecule has 0 aliphatic carbocycles. The molecule has 2 aromatic rings. The second kappa shape index (κ2) is 4.94. The highest BCUT2D eigenvalue weighted by atomic mass is 35.5. The lowest BCUT2D eigenvalue weighted by molar-refractivity contribution is 0.103. The standard InChI is InChI=1S/C14H11ClOS/c1-9-2-4-10(5-3-9)14(16)12-8-11(15)6-7-13(12)17/h2-8,17H,1H3. The van der Waals surface area contributed by atoms with Crippen LogP contribution in [0, 0.1) is 6.92 Å². The van der Waals surface area contributed by atoms with Crippen LogP contribution in [0.3, 0.4) is 0 Å². The molecule has 2 rings (SSSR count). The molecule has 0 saturated carbocycles. The number of halogens is 1. The van der Waals surface area contributed by atoms with Crippen molar-refractivity contribution in [3.63, 3.8) is 0 Å². The molecule has 0 heterocycles. The van der Waals surface area contributed by atoms with E-state index in [1.165, 1.54) is 0 Å². The maximum atomic E-state index is 12.2. The van der Waals surface area contributed by atoms with E-state index in [0.717, 1.165) is 5.56 Å². The van der Waals surface area contributed by atoms with Gasteiger partial charge < -0.3 is 0 Å². The van der Waals surface area contributed by atoms with Gasteiger partial charge in [-0.15, -0.1) is 12.6 Å². The van der Waals surface area contributed by atoms with Crippen molar-refractivity contribution in [2.75, 3.05) is 0 Å². The molecule has 17 heavy (non-hydrogen) atoms. The van der Waals surface area contributed by atoms with Crippen molar-refractivity contribution in [2.24, 2.45) is 0 Å². The molecule has 0 amide bonds. The smallest absolute Gasteiger partial charge is 0.194 e. The highest BCUT2D eigenvalue weighted by molar-refractivity contribution is 7.80. The molecule has 0 fully saturated rings. The second-order valence-electron chi connectivity index (χ2n) is 3.86. The molecule has 3 heteroatoms. The second-order valence-corrected chi connectivity index (χ2v) is 4.77. The van der Waals surface area contributed by atoms with Crippen LogP contribution < -0.4 is 0 Å². The topological polar surface area (TPSA) is 17.1 Å². The van der Waals surface area contributed by atoms with Crippen molar-refractivity contribution >= 4 is 30.0 Å². The van der Waals surface area contributed by atoms with Crippen LogP contribution in [0.15, 0.2) is 47.4 Å². The van der Waals surface area contributed by atoms with Crippen LogP contribution in [0.4, 0.5) is 0 Å². The van der Waals surface area contributed by atoms with Gasteiger partial charge in [-0.1, -0.05) is 41.4 Å². The Balaban J connectivity index is 2.43. The van der Waals surface area contributed by atoms with Crippen LogP contribution in [-0.4, -0.2) is 5.78 Å². The lowest BCUT2D eigenvalue weighted by atomic mass is 10.0. The van der Waals surface area contributed by atoms with Gasteiger partial charge in [0.15, 0.2) is 5.78 Å². The Bertz CT molecular complexity index is 561. The van der Waals surface area contributed by atoms with Crippen molar-refractivity contribution in [1.82, 2.24) is 0 Å². The Kier molecular flexibility index (Phi) is 3.55.